The van der Waals surface area contributed by atoms with Gasteiger partial charge in [-0.05, 0) is 74.1 Å². The van der Waals surface area contributed by atoms with Crippen LogP contribution >= 0.6 is 0 Å². The molecule has 3 fully saturated rings. The summed E-state index contributed by atoms with van der Waals surface area (Å²) in [4.78, 5) is 2.64. The molecule has 1 N–H and O–H groups in total. The maximum atomic E-state index is 12.5. The number of hydrogen-bond donors (Lipinski definition) is 1. The summed E-state index contributed by atoms with van der Waals surface area (Å²) in [6.07, 6.45) is 6.59. The molecule has 0 aromatic heterocycles. The van der Waals surface area contributed by atoms with Crippen molar-refractivity contribution in [2.45, 2.75) is 75.2 Å². The summed E-state index contributed by atoms with van der Waals surface area (Å²) >= 11 is 0. The molecule has 2 heterocycles. The number of aliphatic hydroxyl groups is 1. The topological polar surface area (TPSA) is 41.9 Å². The van der Waals surface area contributed by atoms with Crippen LogP contribution in [0.25, 0.3) is 0 Å². The molecule has 2 bridgehead atoms. The van der Waals surface area contributed by atoms with Gasteiger partial charge in [0.2, 0.25) is 0 Å². The van der Waals surface area contributed by atoms with Gasteiger partial charge < -0.3 is 14.6 Å². The zero-order chi connectivity index (χ0) is 21.5. The molecule has 3 aliphatic carbocycles. The molecule has 2 aromatic rings. The van der Waals surface area contributed by atoms with Gasteiger partial charge in [-0.1, -0.05) is 43.3 Å². The van der Waals surface area contributed by atoms with Crippen LogP contribution in [0.2, 0.25) is 0 Å². The van der Waals surface area contributed by atoms with Crippen LogP contribution < -0.4 is 9.47 Å². The van der Waals surface area contributed by atoms with Crippen molar-refractivity contribution < 1.29 is 14.6 Å². The van der Waals surface area contributed by atoms with Crippen molar-refractivity contribution in [3.05, 3.63) is 59.2 Å². The van der Waals surface area contributed by atoms with Gasteiger partial charge in [0.15, 0.2) is 11.5 Å². The minimum Gasteiger partial charge on any atom is -0.485 e. The Hall–Kier alpha value is -2.04. The second kappa shape index (κ2) is 6.74. The molecule has 4 nitrogen and oxygen atoms in total. The molecule has 1 spiro atoms. The summed E-state index contributed by atoms with van der Waals surface area (Å²) in [5, 5.41) is 12.5. The normalized spacial score (nSPS) is 37.0. The second-order valence-corrected chi connectivity index (χ2v) is 11.1. The zero-order valence-corrected chi connectivity index (χ0v) is 18.9. The molecule has 1 saturated heterocycles. The third-order valence-electron chi connectivity index (χ3n) is 9.28. The lowest BCUT2D eigenvalue weighted by atomic mass is 9.47. The molecule has 2 aromatic carbocycles. The zero-order valence-electron chi connectivity index (χ0n) is 18.9. The fourth-order valence-electron chi connectivity index (χ4n) is 7.57. The number of piperidine rings is 1. The van der Waals surface area contributed by atoms with E-state index in [4.69, 9.17) is 9.47 Å². The highest BCUT2D eigenvalue weighted by atomic mass is 16.5. The largest absolute Gasteiger partial charge is 0.485 e. The van der Waals surface area contributed by atoms with E-state index in [2.05, 4.69) is 36.1 Å². The first-order valence-corrected chi connectivity index (χ1v) is 12.6. The molecule has 168 valence electrons. The monoisotopic (exact) mass is 431 g/mol. The average Bonchev–Trinajstić information content (AvgIpc) is 3.55. The molecule has 2 aliphatic heterocycles. The third-order valence-corrected chi connectivity index (χ3v) is 9.28. The Balaban J connectivity index is 1.31. The average molecular weight is 432 g/mol. The molecule has 2 saturated carbocycles. The van der Waals surface area contributed by atoms with Crippen LogP contribution in [-0.4, -0.2) is 40.8 Å². The first kappa shape index (κ1) is 19.4. The fraction of sp³-hybridized carbons (Fsp3) is 0.571. The minimum absolute atomic E-state index is 0.0438. The van der Waals surface area contributed by atoms with Crippen LogP contribution in [-0.2, 0) is 18.4 Å². The van der Waals surface area contributed by atoms with E-state index in [1.54, 1.807) is 0 Å². The number of nitrogens with zero attached hydrogens (tertiary/aromatic N) is 1. The highest BCUT2D eigenvalue weighted by Crippen LogP contribution is 2.66. The van der Waals surface area contributed by atoms with Crippen LogP contribution in [0, 0.1) is 11.8 Å². The quantitative estimate of drug-likeness (QED) is 0.759. The van der Waals surface area contributed by atoms with E-state index in [0.717, 1.165) is 61.8 Å². The summed E-state index contributed by atoms with van der Waals surface area (Å²) in [7, 11) is 0. The highest BCUT2D eigenvalue weighted by molar-refractivity contribution is 5.62. The second-order valence-electron chi connectivity index (χ2n) is 11.1. The third kappa shape index (κ3) is 2.51. The molecular weight excluding hydrogens is 398 g/mol. The van der Waals surface area contributed by atoms with E-state index < -0.39 is 5.60 Å². The van der Waals surface area contributed by atoms with Crippen molar-refractivity contribution in [2.75, 3.05) is 13.1 Å². The number of ether oxygens (including phenoxy) is 2. The van der Waals surface area contributed by atoms with Gasteiger partial charge in [-0.25, -0.2) is 0 Å². The number of benzene rings is 2. The summed E-state index contributed by atoms with van der Waals surface area (Å²) in [5.41, 5.74) is 2.82. The predicted octanol–water partition coefficient (Wildman–Crippen LogP) is 4.47. The maximum absolute atomic E-state index is 12.5. The molecule has 7 rings (SSSR count). The van der Waals surface area contributed by atoms with Crippen molar-refractivity contribution >= 4 is 0 Å². The number of rotatable bonds is 5. The molecule has 5 atom stereocenters. The number of likely N-dealkylation sites (tertiary alicyclic amines) is 1. The smallest absolute Gasteiger partial charge is 0.165 e. The Labute approximate surface area is 190 Å². The summed E-state index contributed by atoms with van der Waals surface area (Å²) in [6, 6.07) is 14.9. The van der Waals surface area contributed by atoms with Gasteiger partial charge in [0.25, 0.3) is 0 Å². The van der Waals surface area contributed by atoms with Gasteiger partial charge in [-0.2, -0.15) is 0 Å². The predicted molar refractivity (Wildman–Crippen MR) is 123 cm³/mol. The minimum atomic E-state index is -0.701. The first-order valence-electron chi connectivity index (χ1n) is 12.6. The summed E-state index contributed by atoms with van der Waals surface area (Å²) in [5.74, 6) is 3.04. The Morgan fingerprint density at radius 2 is 1.94 bits per heavy atom. The lowest BCUT2D eigenvalue weighted by Crippen LogP contribution is -2.76. The lowest BCUT2D eigenvalue weighted by molar-refractivity contribution is -0.196. The molecule has 0 unspecified atom stereocenters. The van der Waals surface area contributed by atoms with Crippen molar-refractivity contribution in [1.29, 1.82) is 0 Å². The maximum Gasteiger partial charge on any atom is 0.165 e. The molecule has 5 aliphatic rings. The van der Waals surface area contributed by atoms with Crippen LogP contribution in [0.3, 0.4) is 0 Å². The van der Waals surface area contributed by atoms with Crippen molar-refractivity contribution in [3.8, 4) is 11.5 Å². The van der Waals surface area contributed by atoms with Crippen LogP contribution in [0.5, 0.6) is 11.5 Å². The lowest BCUT2D eigenvalue weighted by Gasteiger charge is -2.64. The van der Waals surface area contributed by atoms with Gasteiger partial charge >= 0.3 is 0 Å². The standard InChI is InChI=1S/C28H33NO3/c1-18-11-12-28(30)23-15-21-9-10-22(31-17-20-5-3-2-4-6-20)25-24(21)27(28,26(18)32-25)13-14-29(23)16-19-7-8-19/h2-6,9-10,18-19,23,26,30H,7-8,11-17H2,1H3/t18-,23+,26-,27-,28+/m0/s1. The van der Waals surface area contributed by atoms with Gasteiger partial charge in [0.05, 0.1) is 11.0 Å². The van der Waals surface area contributed by atoms with E-state index in [1.165, 1.54) is 24.0 Å². The van der Waals surface area contributed by atoms with E-state index in [1.807, 2.05) is 18.2 Å². The Morgan fingerprint density at radius 1 is 1.09 bits per heavy atom. The first-order chi connectivity index (χ1) is 15.6. The Bertz CT molecular complexity index is 1050. The van der Waals surface area contributed by atoms with Crippen molar-refractivity contribution in [2.24, 2.45) is 11.8 Å². The summed E-state index contributed by atoms with van der Waals surface area (Å²) in [6.45, 7) is 5.08. The van der Waals surface area contributed by atoms with Crippen molar-refractivity contribution in [1.82, 2.24) is 4.90 Å². The fourth-order valence-corrected chi connectivity index (χ4v) is 7.57. The van der Waals surface area contributed by atoms with Gasteiger partial charge in [-0.3, -0.25) is 4.90 Å². The number of hydrogen-bond acceptors (Lipinski definition) is 4. The SMILES string of the molecule is C[C@H]1CC[C@@]2(O)[C@H]3Cc4ccc(OCc5ccccc5)c5c4[C@@]2(CCN3CC2CC2)[C@H]1O5. The van der Waals surface area contributed by atoms with Crippen LogP contribution in [0.15, 0.2) is 42.5 Å². The van der Waals surface area contributed by atoms with Crippen molar-refractivity contribution in [3.63, 3.8) is 0 Å². The summed E-state index contributed by atoms with van der Waals surface area (Å²) < 4.78 is 13.1. The van der Waals surface area contributed by atoms with Crippen LogP contribution in [0.1, 0.15) is 55.7 Å². The van der Waals surface area contributed by atoms with Gasteiger partial charge in [-0.15, -0.1) is 0 Å². The Kier molecular flexibility index (Phi) is 4.09. The molecular formula is C28H33NO3. The van der Waals surface area contributed by atoms with E-state index in [-0.39, 0.29) is 17.6 Å². The molecule has 0 radical (unpaired) electrons. The van der Waals surface area contributed by atoms with Gasteiger partial charge in [0, 0.05) is 18.2 Å². The highest BCUT2D eigenvalue weighted by Gasteiger charge is 2.72. The van der Waals surface area contributed by atoms with Gasteiger partial charge in [0.1, 0.15) is 12.7 Å². The Morgan fingerprint density at radius 3 is 2.75 bits per heavy atom. The molecule has 4 heteroatoms. The molecule has 32 heavy (non-hydrogen) atoms. The van der Waals surface area contributed by atoms with E-state index in [0.29, 0.717) is 12.5 Å². The van der Waals surface area contributed by atoms with E-state index in [9.17, 15) is 5.11 Å². The molecule has 0 amide bonds. The van der Waals surface area contributed by atoms with E-state index >= 15 is 0 Å². The van der Waals surface area contributed by atoms with Crippen LogP contribution in [0.4, 0.5) is 0 Å².